The number of carbonyl (C=O) groups excluding carboxylic acids is 2. The van der Waals surface area contributed by atoms with Gasteiger partial charge in [-0.15, -0.1) is 0 Å². The maximum absolute atomic E-state index is 14.4. The minimum Gasteiger partial charge on any atom is -0.366 e. The number of carbonyl (C=O) groups is 2. The number of anilines is 1. The zero-order valence-corrected chi connectivity index (χ0v) is 17.2. The van der Waals surface area contributed by atoms with Gasteiger partial charge in [0.15, 0.2) is 11.6 Å². The van der Waals surface area contributed by atoms with Gasteiger partial charge in [0.05, 0.1) is 5.69 Å². The minimum atomic E-state index is -0.420. The predicted octanol–water partition coefficient (Wildman–Crippen LogP) is 2.64. The number of Topliss-reactive ketones (excluding diaryl/α,β-unsaturated/α-hetero) is 1. The molecule has 9 heteroatoms. The van der Waals surface area contributed by atoms with Crippen molar-refractivity contribution in [3.8, 4) is 5.82 Å². The van der Waals surface area contributed by atoms with Crippen molar-refractivity contribution >= 4 is 17.5 Å². The van der Waals surface area contributed by atoms with Gasteiger partial charge in [-0.1, -0.05) is 0 Å². The summed E-state index contributed by atoms with van der Waals surface area (Å²) >= 11 is 0. The monoisotopic (exact) mass is 422 g/mol. The van der Waals surface area contributed by atoms with Crippen molar-refractivity contribution in [2.24, 2.45) is 0 Å². The van der Waals surface area contributed by atoms with Crippen molar-refractivity contribution in [2.45, 2.75) is 13.5 Å². The molecule has 31 heavy (non-hydrogen) atoms. The molecule has 8 nitrogen and oxygen atoms in total. The highest BCUT2D eigenvalue weighted by molar-refractivity contribution is 5.94. The smallest absolute Gasteiger partial charge is 0.317 e. The van der Waals surface area contributed by atoms with E-state index < -0.39 is 5.82 Å². The number of piperazine rings is 1. The fourth-order valence-electron chi connectivity index (χ4n) is 3.52. The molecule has 1 aliphatic rings. The average molecular weight is 422 g/mol. The third-order valence-corrected chi connectivity index (χ3v) is 5.25. The largest absolute Gasteiger partial charge is 0.366 e. The Morgan fingerprint density at radius 3 is 2.58 bits per heavy atom. The second-order valence-corrected chi connectivity index (χ2v) is 7.33. The Bertz CT molecular complexity index is 1080. The van der Waals surface area contributed by atoms with Crippen LogP contribution in [-0.4, -0.2) is 57.7 Å². The number of halogens is 1. The molecule has 0 atom stereocenters. The second-order valence-electron chi connectivity index (χ2n) is 7.33. The van der Waals surface area contributed by atoms with Crippen LogP contribution < -0.4 is 10.2 Å². The van der Waals surface area contributed by atoms with Crippen LogP contribution >= 0.6 is 0 Å². The number of pyridine rings is 1. The highest BCUT2D eigenvalue weighted by Crippen LogP contribution is 2.22. The van der Waals surface area contributed by atoms with Gasteiger partial charge >= 0.3 is 6.03 Å². The Hall–Kier alpha value is -3.75. The topological polar surface area (TPSA) is 83.4 Å². The lowest BCUT2D eigenvalue weighted by atomic mass is 10.1. The maximum atomic E-state index is 14.4. The molecule has 0 saturated carbocycles. The van der Waals surface area contributed by atoms with E-state index in [4.69, 9.17) is 0 Å². The van der Waals surface area contributed by atoms with E-state index in [9.17, 15) is 14.0 Å². The summed E-state index contributed by atoms with van der Waals surface area (Å²) in [4.78, 5) is 31.9. The Morgan fingerprint density at radius 1 is 1.10 bits per heavy atom. The molecule has 0 aliphatic carbocycles. The Kier molecular flexibility index (Phi) is 5.92. The van der Waals surface area contributed by atoms with Crippen LogP contribution in [0.15, 0.2) is 55.0 Å². The molecular weight excluding hydrogens is 399 g/mol. The highest BCUT2D eigenvalue weighted by atomic mass is 19.1. The van der Waals surface area contributed by atoms with E-state index in [1.807, 2.05) is 23.1 Å². The summed E-state index contributed by atoms with van der Waals surface area (Å²) < 4.78 is 16.1. The van der Waals surface area contributed by atoms with Crippen LogP contribution in [0, 0.1) is 5.82 Å². The molecule has 0 unspecified atom stereocenters. The van der Waals surface area contributed by atoms with Crippen LogP contribution in [-0.2, 0) is 6.54 Å². The molecule has 3 aromatic rings. The van der Waals surface area contributed by atoms with Crippen LogP contribution in [0.2, 0.25) is 0 Å². The summed E-state index contributed by atoms with van der Waals surface area (Å²) in [5.74, 6) is 0.0948. The summed E-state index contributed by atoms with van der Waals surface area (Å²) in [5.41, 5.74) is 1.72. The normalized spacial score (nSPS) is 13.9. The number of rotatable bonds is 5. The number of hydrogen-bond acceptors (Lipinski definition) is 5. The quantitative estimate of drug-likeness (QED) is 0.639. The van der Waals surface area contributed by atoms with E-state index in [0.717, 1.165) is 5.56 Å². The summed E-state index contributed by atoms with van der Waals surface area (Å²) in [6.45, 7) is 3.78. The van der Waals surface area contributed by atoms with Crippen LogP contribution in [0.4, 0.5) is 14.9 Å². The number of aromatic nitrogens is 3. The molecule has 0 bridgehead atoms. The van der Waals surface area contributed by atoms with E-state index >= 15 is 0 Å². The van der Waals surface area contributed by atoms with Crippen LogP contribution in [0.3, 0.4) is 0 Å². The molecule has 1 fully saturated rings. The Balaban J connectivity index is 1.31. The number of urea groups is 1. The van der Waals surface area contributed by atoms with E-state index in [0.29, 0.717) is 49.8 Å². The lowest BCUT2D eigenvalue weighted by molar-refractivity contribution is 0.101. The van der Waals surface area contributed by atoms with Crippen molar-refractivity contribution in [2.75, 3.05) is 31.1 Å². The van der Waals surface area contributed by atoms with Crippen molar-refractivity contribution in [1.82, 2.24) is 25.0 Å². The lowest BCUT2D eigenvalue weighted by Gasteiger charge is -2.36. The van der Waals surface area contributed by atoms with Gasteiger partial charge in [0.25, 0.3) is 0 Å². The van der Waals surface area contributed by atoms with Gasteiger partial charge in [0.1, 0.15) is 5.82 Å². The first-order chi connectivity index (χ1) is 15.0. The number of ketones is 1. The summed E-state index contributed by atoms with van der Waals surface area (Å²) in [7, 11) is 0. The van der Waals surface area contributed by atoms with Gasteiger partial charge in [0.2, 0.25) is 0 Å². The third-order valence-electron chi connectivity index (χ3n) is 5.25. The lowest BCUT2D eigenvalue weighted by Crippen LogP contribution is -2.51. The first kappa shape index (κ1) is 20.5. The van der Waals surface area contributed by atoms with E-state index in [-0.39, 0.29) is 11.8 Å². The predicted molar refractivity (Wildman–Crippen MR) is 114 cm³/mol. The molecule has 1 saturated heterocycles. The molecular formula is C22H23FN6O2. The van der Waals surface area contributed by atoms with E-state index in [2.05, 4.69) is 15.4 Å². The van der Waals surface area contributed by atoms with Crippen LogP contribution in [0.25, 0.3) is 5.82 Å². The van der Waals surface area contributed by atoms with Crippen molar-refractivity contribution < 1.29 is 14.0 Å². The van der Waals surface area contributed by atoms with Gasteiger partial charge in [0, 0.05) is 56.9 Å². The number of nitrogens with one attached hydrogen (secondary N) is 1. The Labute approximate surface area is 179 Å². The van der Waals surface area contributed by atoms with Gasteiger partial charge in [-0.05, 0) is 48.9 Å². The van der Waals surface area contributed by atoms with Crippen molar-refractivity contribution in [3.63, 3.8) is 0 Å². The molecule has 0 radical (unpaired) electrons. The van der Waals surface area contributed by atoms with Gasteiger partial charge in [-0.2, -0.15) is 5.10 Å². The van der Waals surface area contributed by atoms with Crippen molar-refractivity contribution in [3.05, 3.63) is 71.9 Å². The van der Waals surface area contributed by atoms with E-state index in [1.54, 1.807) is 40.3 Å². The standard InChI is InChI=1S/C22H23FN6O2/c1-16(30)18-3-4-20(19(23)14-18)27-9-11-28(12-10-27)22(31)25-15-17-5-7-24-21(13-17)29-8-2-6-26-29/h2-8,13-14H,9-12,15H2,1H3,(H,25,31). The summed E-state index contributed by atoms with van der Waals surface area (Å²) in [5, 5.41) is 7.08. The number of amides is 2. The minimum absolute atomic E-state index is 0.162. The molecule has 3 heterocycles. The van der Waals surface area contributed by atoms with Crippen LogP contribution in [0.1, 0.15) is 22.8 Å². The molecule has 4 rings (SSSR count). The van der Waals surface area contributed by atoms with Crippen LogP contribution in [0.5, 0.6) is 0 Å². The van der Waals surface area contributed by atoms with Gasteiger partial charge in [-0.3, -0.25) is 4.79 Å². The Morgan fingerprint density at radius 2 is 1.90 bits per heavy atom. The molecule has 160 valence electrons. The van der Waals surface area contributed by atoms with E-state index in [1.165, 1.54) is 13.0 Å². The average Bonchev–Trinajstić information content (AvgIpc) is 3.33. The second kappa shape index (κ2) is 8.95. The fourth-order valence-corrected chi connectivity index (χ4v) is 3.52. The molecule has 2 aromatic heterocycles. The molecule has 1 N–H and O–H groups in total. The number of benzene rings is 1. The molecule has 2 amide bonds. The third kappa shape index (κ3) is 4.71. The maximum Gasteiger partial charge on any atom is 0.317 e. The molecule has 0 spiro atoms. The van der Waals surface area contributed by atoms with Gasteiger partial charge < -0.3 is 15.1 Å². The zero-order valence-electron chi connectivity index (χ0n) is 17.2. The number of hydrogen-bond donors (Lipinski definition) is 1. The fraction of sp³-hybridized carbons (Fsp3) is 0.273. The first-order valence-corrected chi connectivity index (χ1v) is 10.0. The summed E-state index contributed by atoms with van der Waals surface area (Å²) in [6.07, 6.45) is 5.17. The molecule has 1 aromatic carbocycles. The summed E-state index contributed by atoms with van der Waals surface area (Å²) in [6, 6.07) is 9.90. The number of nitrogens with zero attached hydrogens (tertiary/aromatic N) is 5. The first-order valence-electron chi connectivity index (χ1n) is 10.0. The molecule has 1 aliphatic heterocycles. The highest BCUT2D eigenvalue weighted by Gasteiger charge is 2.23. The van der Waals surface area contributed by atoms with Gasteiger partial charge in [-0.25, -0.2) is 18.9 Å². The SMILES string of the molecule is CC(=O)c1ccc(N2CCN(C(=O)NCc3ccnc(-n4cccn4)c3)CC2)c(F)c1. The zero-order chi connectivity index (χ0) is 21.8. The van der Waals surface area contributed by atoms with Crippen molar-refractivity contribution in [1.29, 1.82) is 0 Å².